The number of ether oxygens (including phenoxy) is 2. The molecule has 0 fully saturated rings. The first-order valence-corrected chi connectivity index (χ1v) is 6.12. The molecule has 1 aromatic rings. The van der Waals surface area contributed by atoms with Crippen LogP contribution in [0.5, 0.6) is 0 Å². The molecule has 1 heterocycles. The molecule has 0 bridgehead atoms. The van der Waals surface area contributed by atoms with Crippen molar-refractivity contribution >= 4 is 11.6 Å². The average Bonchev–Trinajstić information content (AvgIpc) is 2.66. The van der Waals surface area contributed by atoms with E-state index in [0.29, 0.717) is 24.8 Å². The van der Waals surface area contributed by atoms with Crippen LogP contribution in [0, 0.1) is 0 Å². The van der Waals surface area contributed by atoms with Crippen LogP contribution in [0.25, 0.3) is 0 Å². The molecule has 98 valence electrons. The van der Waals surface area contributed by atoms with Gasteiger partial charge in [0.1, 0.15) is 0 Å². The molecule has 0 aliphatic carbocycles. The van der Waals surface area contributed by atoms with E-state index in [1.54, 1.807) is 13.3 Å². The fourth-order valence-electron chi connectivity index (χ4n) is 1.56. The van der Waals surface area contributed by atoms with Crippen molar-refractivity contribution in [2.45, 2.75) is 25.9 Å². The number of hydrogen-bond donors (Lipinski definition) is 1. The highest BCUT2D eigenvalue weighted by molar-refractivity contribution is 6.31. The number of nitrogens with two attached hydrogens (primary N) is 1. The molecule has 6 heteroatoms. The Labute approximate surface area is 107 Å². The van der Waals surface area contributed by atoms with Gasteiger partial charge in [-0.25, -0.2) is 0 Å². The first-order chi connectivity index (χ1) is 8.20. The number of aromatic nitrogens is 2. The fourth-order valence-corrected chi connectivity index (χ4v) is 1.84. The zero-order valence-electron chi connectivity index (χ0n) is 10.4. The molecule has 1 aromatic heterocycles. The summed E-state index contributed by atoms with van der Waals surface area (Å²) in [6.07, 6.45) is 2.61. The van der Waals surface area contributed by atoms with Gasteiger partial charge in [-0.1, -0.05) is 18.5 Å². The van der Waals surface area contributed by atoms with Crippen molar-refractivity contribution in [1.82, 2.24) is 9.78 Å². The second kappa shape index (κ2) is 7.66. The number of methoxy groups -OCH3 is 1. The molecule has 0 spiro atoms. The monoisotopic (exact) mass is 261 g/mol. The van der Waals surface area contributed by atoms with Gasteiger partial charge in [0, 0.05) is 13.7 Å². The highest BCUT2D eigenvalue weighted by atomic mass is 35.5. The van der Waals surface area contributed by atoms with Gasteiger partial charge >= 0.3 is 0 Å². The Hall–Kier alpha value is -0.620. The van der Waals surface area contributed by atoms with E-state index in [1.165, 1.54) is 0 Å². The minimum absolute atomic E-state index is 0.256. The number of rotatable bonds is 8. The molecule has 0 radical (unpaired) electrons. The SMILES string of the molecule is CCCn1ncc(Cl)c1C(N)COCCOC. The van der Waals surface area contributed by atoms with Crippen LogP contribution in [0.4, 0.5) is 0 Å². The molecule has 0 saturated heterocycles. The van der Waals surface area contributed by atoms with Crippen LogP contribution in [0.3, 0.4) is 0 Å². The third kappa shape index (κ3) is 4.27. The molecule has 1 atom stereocenters. The van der Waals surface area contributed by atoms with Gasteiger partial charge < -0.3 is 15.2 Å². The second-order valence-electron chi connectivity index (χ2n) is 3.78. The number of nitrogens with zero attached hydrogens (tertiary/aromatic N) is 2. The van der Waals surface area contributed by atoms with Gasteiger partial charge in [0.2, 0.25) is 0 Å². The molecule has 0 saturated carbocycles. The Kier molecular flexibility index (Phi) is 6.50. The summed E-state index contributed by atoms with van der Waals surface area (Å²) in [6.45, 7) is 4.41. The van der Waals surface area contributed by atoms with E-state index in [9.17, 15) is 0 Å². The summed E-state index contributed by atoms with van der Waals surface area (Å²) < 4.78 is 12.1. The molecule has 1 rings (SSSR count). The number of aryl methyl sites for hydroxylation is 1. The fraction of sp³-hybridized carbons (Fsp3) is 0.727. The smallest absolute Gasteiger partial charge is 0.0834 e. The topological polar surface area (TPSA) is 62.3 Å². The molecule has 2 N–H and O–H groups in total. The van der Waals surface area contributed by atoms with E-state index >= 15 is 0 Å². The summed E-state index contributed by atoms with van der Waals surface area (Å²) >= 11 is 6.07. The summed E-state index contributed by atoms with van der Waals surface area (Å²) in [5, 5.41) is 4.79. The Balaban J connectivity index is 2.54. The van der Waals surface area contributed by atoms with Gasteiger partial charge in [-0.3, -0.25) is 4.68 Å². The van der Waals surface area contributed by atoms with Crippen LogP contribution in [0.2, 0.25) is 5.02 Å². The van der Waals surface area contributed by atoms with E-state index in [2.05, 4.69) is 12.0 Å². The van der Waals surface area contributed by atoms with E-state index < -0.39 is 0 Å². The Morgan fingerprint density at radius 3 is 2.94 bits per heavy atom. The Morgan fingerprint density at radius 2 is 2.29 bits per heavy atom. The normalized spacial score (nSPS) is 12.9. The summed E-state index contributed by atoms with van der Waals surface area (Å²) in [5.41, 5.74) is 6.88. The highest BCUT2D eigenvalue weighted by Crippen LogP contribution is 2.21. The van der Waals surface area contributed by atoms with Gasteiger partial charge in [-0.15, -0.1) is 0 Å². The van der Waals surface area contributed by atoms with Crippen LogP contribution in [-0.4, -0.2) is 36.7 Å². The summed E-state index contributed by atoms with van der Waals surface area (Å²) in [5.74, 6) is 0. The standard InChI is InChI=1S/C11H20ClN3O2/c1-3-4-15-11(9(12)7-14-15)10(13)8-17-6-5-16-2/h7,10H,3-6,8,13H2,1-2H3. The minimum atomic E-state index is -0.256. The molecule has 1 unspecified atom stereocenters. The predicted molar refractivity (Wildman–Crippen MR) is 67.2 cm³/mol. The molecule has 0 aliphatic rings. The Morgan fingerprint density at radius 1 is 1.53 bits per heavy atom. The van der Waals surface area contributed by atoms with Crippen molar-refractivity contribution in [2.75, 3.05) is 26.9 Å². The quantitative estimate of drug-likeness (QED) is 0.722. The molecule has 0 aromatic carbocycles. The number of hydrogen-bond acceptors (Lipinski definition) is 4. The molecular weight excluding hydrogens is 242 g/mol. The maximum atomic E-state index is 6.07. The van der Waals surface area contributed by atoms with Gasteiger partial charge in [0.25, 0.3) is 0 Å². The average molecular weight is 262 g/mol. The molecule has 17 heavy (non-hydrogen) atoms. The lowest BCUT2D eigenvalue weighted by Gasteiger charge is -2.14. The van der Waals surface area contributed by atoms with Crippen LogP contribution in [0.1, 0.15) is 25.1 Å². The second-order valence-corrected chi connectivity index (χ2v) is 4.18. The zero-order valence-corrected chi connectivity index (χ0v) is 11.1. The molecule has 0 aliphatic heterocycles. The summed E-state index contributed by atoms with van der Waals surface area (Å²) in [4.78, 5) is 0. The Bertz CT molecular complexity index is 331. The molecular formula is C11H20ClN3O2. The maximum absolute atomic E-state index is 6.07. The van der Waals surface area contributed by atoms with Crippen molar-refractivity contribution in [3.63, 3.8) is 0 Å². The van der Waals surface area contributed by atoms with Crippen molar-refractivity contribution in [1.29, 1.82) is 0 Å². The van der Waals surface area contributed by atoms with Crippen molar-refractivity contribution in [3.8, 4) is 0 Å². The number of halogens is 1. The first kappa shape index (κ1) is 14.4. The van der Waals surface area contributed by atoms with Gasteiger partial charge in [-0.2, -0.15) is 5.10 Å². The summed E-state index contributed by atoms with van der Waals surface area (Å²) in [7, 11) is 1.64. The lowest BCUT2D eigenvalue weighted by atomic mass is 10.2. The van der Waals surface area contributed by atoms with E-state index in [1.807, 2.05) is 4.68 Å². The van der Waals surface area contributed by atoms with Crippen molar-refractivity contribution < 1.29 is 9.47 Å². The van der Waals surface area contributed by atoms with E-state index in [0.717, 1.165) is 18.7 Å². The van der Waals surface area contributed by atoms with Crippen molar-refractivity contribution in [2.24, 2.45) is 5.73 Å². The van der Waals surface area contributed by atoms with Crippen LogP contribution in [0.15, 0.2) is 6.20 Å². The van der Waals surface area contributed by atoms with E-state index in [-0.39, 0.29) is 6.04 Å². The lowest BCUT2D eigenvalue weighted by molar-refractivity contribution is 0.0626. The van der Waals surface area contributed by atoms with Gasteiger partial charge in [0.15, 0.2) is 0 Å². The zero-order chi connectivity index (χ0) is 12.7. The van der Waals surface area contributed by atoms with Crippen LogP contribution < -0.4 is 5.73 Å². The van der Waals surface area contributed by atoms with Gasteiger partial charge in [0.05, 0.1) is 42.8 Å². The highest BCUT2D eigenvalue weighted by Gasteiger charge is 2.16. The lowest BCUT2D eigenvalue weighted by Crippen LogP contribution is -2.22. The molecule has 0 amide bonds. The van der Waals surface area contributed by atoms with E-state index in [4.69, 9.17) is 26.8 Å². The predicted octanol–water partition coefficient (Wildman–Crippen LogP) is 1.61. The molecule has 5 nitrogen and oxygen atoms in total. The largest absolute Gasteiger partial charge is 0.382 e. The van der Waals surface area contributed by atoms with Crippen molar-refractivity contribution in [3.05, 3.63) is 16.9 Å². The van der Waals surface area contributed by atoms with Crippen LogP contribution in [-0.2, 0) is 16.0 Å². The minimum Gasteiger partial charge on any atom is -0.382 e. The van der Waals surface area contributed by atoms with Gasteiger partial charge in [-0.05, 0) is 6.42 Å². The third-order valence-corrected chi connectivity index (χ3v) is 2.64. The van der Waals surface area contributed by atoms with Crippen LogP contribution >= 0.6 is 11.6 Å². The first-order valence-electron chi connectivity index (χ1n) is 5.74. The maximum Gasteiger partial charge on any atom is 0.0834 e. The third-order valence-electron chi connectivity index (χ3n) is 2.35. The summed E-state index contributed by atoms with van der Waals surface area (Å²) in [6, 6.07) is -0.256.